The Morgan fingerprint density at radius 2 is 1.81 bits per heavy atom. The smallest absolute Gasteiger partial charge is 0.245 e. The van der Waals surface area contributed by atoms with Gasteiger partial charge in [-0.15, -0.1) is 11.3 Å². The fourth-order valence-electron chi connectivity index (χ4n) is 2.39. The van der Waals surface area contributed by atoms with Gasteiger partial charge in [-0.2, -0.15) is 0 Å². The average Bonchev–Trinajstić information content (AvgIpc) is 2.92. The van der Waals surface area contributed by atoms with Crippen LogP contribution < -0.4 is 10.6 Å². The molecule has 2 rings (SSSR count). The maximum Gasteiger partial charge on any atom is 0.245 e. The van der Waals surface area contributed by atoms with Crippen molar-refractivity contribution in [2.24, 2.45) is 5.92 Å². The number of hydrogen-bond donors (Lipinski definition) is 2. The third-order valence-corrected chi connectivity index (χ3v) is 5.09. The molecule has 1 aromatic heterocycles. The molecule has 1 aromatic carbocycles. The van der Waals surface area contributed by atoms with Crippen molar-refractivity contribution in [3.05, 3.63) is 46.0 Å². The number of hydrogen-bond acceptors (Lipinski definition) is 4. The molecule has 0 saturated heterocycles. The number of amides is 2. The van der Waals surface area contributed by atoms with Crippen molar-refractivity contribution in [2.75, 3.05) is 11.9 Å². The molecule has 6 heteroatoms. The van der Waals surface area contributed by atoms with Crippen LogP contribution in [-0.2, 0) is 16.0 Å². The molecule has 0 aliphatic heterocycles. The molecule has 0 unspecified atom stereocenters. The van der Waals surface area contributed by atoms with Gasteiger partial charge in [0.15, 0.2) is 5.13 Å². The predicted octanol–water partition coefficient (Wildman–Crippen LogP) is 3.84. The van der Waals surface area contributed by atoms with Crippen LogP contribution in [0.25, 0.3) is 0 Å². The summed E-state index contributed by atoms with van der Waals surface area (Å²) in [6.07, 6.45) is 2.06. The number of rotatable bonds is 8. The SMILES string of the molecule is Cc1ccc(Cc2sc(NC(=O)CNC(=O)CCC(C)C)nc2C)cc1. The summed E-state index contributed by atoms with van der Waals surface area (Å²) in [6.45, 7) is 8.13. The predicted molar refractivity (Wildman–Crippen MR) is 107 cm³/mol. The van der Waals surface area contributed by atoms with Crippen LogP contribution >= 0.6 is 11.3 Å². The van der Waals surface area contributed by atoms with Crippen LogP contribution in [-0.4, -0.2) is 23.3 Å². The van der Waals surface area contributed by atoms with Crippen molar-refractivity contribution in [2.45, 2.75) is 47.0 Å². The minimum atomic E-state index is -0.251. The summed E-state index contributed by atoms with van der Waals surface area (Å²) in [5.74, 6) is 0.127. The van der Waals surface area contributed by atoms with Crippen molar-refractivity contribution in [1.82, 2.24) is 10.3 Å². The van der Waals surface area contributed by atoms with Gasteiger partial charge in [0, 0.05) is 17.7 Å². The summed E-state index contributed by atoms with van der Waals surface area (Å²) < 4.78 is 0. The fraction of sp³-hybridized carbons (Fsp3) is 0.450. The molecule has 2 amide bonds. The minimum absolute atomic E-state index is 0.0249. The zero-order chi connectivity index (χ0) is 19.1. The van der Waals surface area contributed by atoms with Crippen LogP contribution in [0.15, 0.2) is 24.3 Å². The first kappa shape index (κ1) is 20.1. The highest BCUT2D eigenvalue weighted by molar-refractivity contribution is 7.15. The molecular formula is C20H27N3O2S. The molecule has 0 fully saturated rings. The van der Waals surface area contributed by atoms with Gasteiger partial charge in [0.25, 0.3) is 0 Å². The topological polar surface area (TPSA) is 71.1 Å². The second-order valence-electron chi connectivity index (χ2n) is 6.95. The molecule has 0 spiro atoms. The van der Waals surface area contributed by atoms with E-state index in [1.807, 2.05) is 6.92 Å². The van der Waals surface area contributed by atoms with Crippen LogP contribution in [0.2, 0.25) is 0 Å². The standard InChI is InChI=1S/C20H27N3O2S/c1-13(2)5-10-18(24)21-12-19(25)23-20-22-15(4)17(26-20)11-16-8-6-14(3)7-9-16/h6-9,13H,5,10-12H2,1-4H3,(H,21,24)(H,22,23,25). The highest BCUT2D eigenvalue weighted by atomic mass is 32.1. The van der Waals surface area contributed by atoms with E-state index in [0.717, 1.165) is 23.4 Å². The quantitative estimate of drug-likeness (QED) is 0.738. The van der Waals surface area contributed by atoms with Crippen LogP contribution in [0.4, 0.5) is 5.13 Å². The number of thiazole rings is 1. The number of nitrogens with one attached hydrogen (secondary N) is 2. The largest absolute Gasteiger partial charge is 0.347 e. The van der Waals surface area contributed by atoms with Crippen molar-refractivity contribution in [3.8, 4) is 0 Å². The third kappa shape index (κ3) is 6.59. The Bertz CT molecular complexity index is 751. The van der Waals surface area contributed by atoms with Gasteiger partial charge < -0.3 is 10.6 Å². The zero-order valence-electron chi connectivity index (χ0n) is 15.9. The van der Waals surface area contributed by atoms with Crippen molar-refractivity contribution >= 4 is 28.3 Å². The lowest BCUT2D eigenvalue weighted by atomic mass is 10.1. The number of anilines is 1. The van der Waals surface area contributed by atoms with Gasteiger partial charge in [-0.3, -0.25) is 9.59 Å². The number of carbonyl (C=O) groups excluding carboxylic acids is 2. The van der Waals surface area contributed by atoms with Gasteiger partial charge in [-0.1, -0.05) is 43.7 Å². The number of carbonyl (C=O) groups is 2. The van der Waals surface area contributed by atoms with E-state index in [9.17, 15) is 9.59 Å². The summed E-state index contributed by atoms with van der Waals surface area (Å²) in [6, 6.07) is 8.41. The lowest BCUT2D eigenvalue weighted by Gasteiger charge is -2.06. The van der Waals surface area contributed by atoms with E-state index in [1.54, 1.807) is 0 Å². The molecule has 5 nitrogen and oxygen atoms in total. The molecule has 26 heavy (non-hydrogen) atoms. The Balaban J connectivity index is 1.85. The summed E-state index contributed by atoms with van der Waals surface area (Å²) in [7, 11) is 0. The summed E-state index contributed by atoms with van der Waals surface area (Å²) in [5.41, 5.74) is 3.38. The van der Waals surface area contributed by atoms with E-state index in [-0.39, 0.29) is 18.4 Å². The second kappa shape index (κ2) is 9.48. The second-order valence-corrected chi connectivity index (χ2v) is 8.03. The Kier molecular flexibility index (Phi) is 7.33. The number of aryl methyl sites for hydroxylation is 2. The van der Waals surface area contributed by atoms with Crippen molar-refractivity contribution in [1.29, 1.82) is 0 Å². The highest BCUT2D eigenvalue weighted by Crippen LogP contribution is 2.25. The monoisotopic (exact) mass is 373 g/mol. The highest BCUT2D eigenvalue weighted by Gasteiger charge is 2.12. The normalized spacial score (nSPS) is 10.8. The summed E-state index contributed by atoms with van der Waals surface area (Å²) in [5, 5.41) is 6.00. The molecule has 0 bridgehead atoms. The van der Waals surface area contributed by atoms with E-state index in [2.05, 4.69) is 60.7 Å². The fourth-order valence-corrected chi connectivity index (χ4v) is 3.40. The molecule has 0 atom stereocenters. The molecule has 0 aliphatic carbocycles. The third-order valence-electron chi connectivity index (χ3n) is 4.02. The Morgan fingerprint density at radius 1 is 1.12 bits per heavy atom. The van der Waals surface area contributed by atoms with Gasteiger partial charge >= 0.3 is 0 Å². The molecule has 0 saturated carbocycles. The molecule has 2 N–H and O–H groups in total. The van der Waals surface area contributed by atoms with Gasteiger partial charge in [-0.05, 0) is 31.7 Å². The number of nitrogens with zero attached hydrogens (tertiary/aromatic N) is 1. The molecule has 0 aliphatic rings. The maximum atomic E-state index is 12.0. The van der Waals surface area contributed by atoms with Gasteiger partial charge in [0.05, 0.1) is 12.2 Å². The minimum Gasteiger partial charge on any atom is -0.347 e. The molecule has 0 radical (unpaired) electrons. The first-order valence-corrected chi connectivity index (χ1v) is 9.73. The van der Waals surface area contributed by atoms with Crippen molar-refractivity contribution < 1.29 is 9.59 Å². The summed E-state index contributed by atoms with van der Waals surface area (Å²) >= 11 is 1.48. The Morgan fingerprint density at radius 3 is 2.46 bits per heavy atom. The van der Waals surface area contributed by atoms with Gasteiger partial charge in [-0.25, -0.2) is 4.98 Å². The lowest BCUT2D eigenvalue weighted by Crippen LogP contribution is -2.32. The van der Waals surface area contributed by atoms with E-state index >= 15 is 0 Å². The first-order chi connectivity index (χ1) is 12.3. The lowest BCUT2D eigenvalue weighted by molar-refractivity contribution is -0.124. The van der Waals surface area contributed by atoms with E-state index < -0.39 is 0 Å². The average molecular weight is 374 g/mol. The van der Waals surface area contributed by atoms with Crippen molar-refractivity contribution in [3.63, 3.8) is 0 Å². The molecule has 1 heterocycles. The van der Waals surface area contributed by atoms with E-state index in [0.29, 0.717) is 17.5 Å². The molecular weight excluding hydrogens is 346 g/mol. The van der Waals surface area contributed by atoms with Crippen LogP contribution in [0.5, 0.6) is 0 Å². The number of benzene rings is 1. The van der Waals surface area contributed by atoms with Crippen LogP contribution in [0.1, 0.15) is 48.4 Å². The van der Waals surface area contributed by atoms with Crippen LogP contribution in [0.3, 0.4) is 0 Å². The molecule has 2 aromatic rings. The Hall–Kier alpha value is -2.21. The van der Waals surface area contributed by atoms with Gasteiger partial charge in [0.2, 0.25) is 11.8 Å². The van der Waals surface area contributed by atoms with Gasteiger partial charge in [0.1, 0.15) is 0 Å². The first-order valence-electron chi connectivity index (χ1n) is 8.92. The summed E-state index contributed by atoms with van der Waals surface area (Å²) in [4.78, 5) is 29.3. The Labute approximate surface area is 159 Å². The van der Waals surface area contributed by atoms with Crippen LogP contribution in [0, 0.1) is 19.8 Å². The van der Waals surface area contributed by atoms with E-state index in [4.69, 9.17) is 0 Å². The number of aromatic nitrogens is 1. The molecule has 140 valence electrons. The van der Waals surface area contributed by atoms with E-state index in [1.165, 1.54) is 22.5 Å². The zero-order valence-corrected chi connectivity index (χ0v) is 16.7. The maximum absolute atomic E-state index is 12.0.